The van der Waals surface area contributed by atoms with Crippen LogP contribution < -0.4 is 0 Å². The molecular formula is C12H15NO5. The summed E-state index contributed by atoms with van der Waals surface area (Å²) in [4.78, 5) is 25.4. The number of carbonyl (C=O) groups is 2. The molecule has 6 heteroatoms. The Morgan fingerprint density at radius 1 is 1.11 bits per heavy atom. The third-order valence-corrected chi connectivity index (χ3v) is 3.79. The van der Waals surface area contributed by atoms with Crippen LogP contribution in [0.25, 0.3) is 0 Å². The number of carboxylic acids is 1. The number of carbonyl (C=O) groups excluding carboxylic acids is 1. The van der Waals surface area contributed by atoms with Crippen LogP contribution in [0.3, 0.4) is 0 Å². The van der Waals surface area contributed by atoms with Gasteiger partial charge in [-0.15, -0.1) is 0 Å². The maximum atomic E-state index is 12.4. The van der Waals surface area contributed by atoms with E-state index in [1.807, 2.05) is 0 Å². The van der Waals surface area contributed by atoms with Gasteiger partial charge in [-0.05, 0) is 0 Å². The van der Waals surface area contributed by atoms with Crippen LogP contribution in [0, 0.1) is 11.8 Å². The second kappa shape index (κ2) is 4.37. The SMILES string of the molecule is O=C(O)[C@@H]1[C@@H](C(=O)N2CCOCC2)[C@@H]2C=C[C@@H]1O2. The van der Waals surface area contributed by atoms with Gasteiger partial charge >= 0.3 is 5.97 Å². The molecule has 3 aliphatic heterocycles. The van der Waals surface area contributed by atoms with Crippen LogP contribution >= 0.6 is 0 Å². The van der Waals surface area contributed by atoms with Gasteiger partial charge in [0, 0.05) is 13.1 Å². The number of nitrogens with zero attached hydrogens (tertiary/aromatic N) is 1. The van der Waals surface area contributed by atoms with Crippen molar-refractivity contribution in [1.29, 1.82) is 0 Å². The number of aliphatic carboxylic acids is 1. The summed E-state index contributed by atoms with van der Waals surface area (Å²) in [5, 5.41) is 9.24. The van der Waals surface area contributed by atoms with E-state index in [0.717, 1.165) is 0 Å². The van der Waals surface area contributed by atoms with Gasteiger partial charge in [0.2, 0.25) is 5.91 Å². The van der Waals surface area contributed by atoms with Crippen molar-refractivity contribution in [2.45, 2.75) is 12.2 Å². The Labute approximate surface area is 104 Å². The second-order valence-corrected chi connectivity index (χ2v) is 4.78. The first kappa shape index (κ1) is 11.7. The van der Waals surface area contributed by atoms with E-state index in [1.165, 1.54) is 0 Å². The Balaban J connectivity index is 1.79. The minimum absolute atomic E-state index is 0.123. The van der Waals surface area contributed by atoms with Crippen LogP contribution in [0.15, 0.2) is 12.2 Å². The van der Waals surface area contributed by atoms with E-state index < -0.39 is 23.9 Å². The lowest BCUT2D eigenvalue weighted by atomic mass is 9.82. The zero-order chi connectivity index (χ0) is 12.7. The Bertz CT molecular complexity index is 401. The van der Waals surface area contributed by atoms with Gasteiger partial charge in [0.15, 0.2) is 0 Å². The largest absolute Gasteiger partial charge is 0.481 e. The van der Waals surface area contributed by atoms with E-state index in [0.29, 0.717) is 26.3 Å². The predicted octanol–water partition coefficient (Wildman–Crippen LogP) is -0.501. The summed E-state index contributed by atoms with van der Waals surface area (Å²) in [5.41, 5.74) is 0. The molecular weight excluding hydrogens is 238 g/mol. The molecule has 3 heterocycles. The summed E-state index contributed by atoms with van der Waals surface area (Å²) in [6.07, 6.45) is 2.70. The van der Waals surface area contributed by atoms with Crippen molar-refractivity contribution in [3.8, 4) is 0 Å². The Kier molecular flexibility index (Phi) is 2.83. The third kappa shape index (κ3) is 1.72. The van der Waals surface area contributed by atoms with Crippen molar-refractivity contribution >= 4 is 11.9 Å². The van der Waals surface area contributed by atoms with E-state index in [4.69, 9.17) is 9.47 Å². The fourth-order valence-electron chi connectivity index (χ4n) is 2.89. The summed E-state index contributed by atoms with van der Waals surface area (Å²) in [5.74, 6) is -2.42. The quantitative estimate of drug-likeness (QED) is 0.671. The van der Waals surface area contributed by atoms with Gasteiger partial charge in [-0.25, -0.2) is 0 Å². The molecule has 0 aromatic heterocycles. The molecule has 3 rings (SSSR count). The van der Waals surface area contributed by atoms with Gasteiger partial charge in [0.1, 0.15) is 5.92 Å². The highest BCUT2D eigenvalue weighted by molar-refractivity contribution is 5.87. The highest BCUT2D eigenvalue weighted by Crippen LogP contribution is 2.40. The summed E-state index contributed by atoms with van der Waals surface area (Å²) >= 11 is 0. The summed E-state index contributed by atoms with van der Waals surface area (Å²) < 4.78 is 10.7. The minimum atomic E-state index is -0.960. The number of hydrogen-bond donors (Lipinski definition) is 1. The molecule has 0 unspecified atom stereocenters. The predicted molar refractivity (Wildman–Crippen MR) is 59.8 cm³/mol. The van der Waals surface area contributed by atoms with Crippen LogP contribution in [0.4, 0.5) is 0 Å². The van der Waals surface area contributed by atoms with Gasteiger partial charge in [-0.1, -0.05) is 12.2 Å². The Morgan fingerprint density at radius 3 is 2.33 bits per heavy atom. The normalized spacial score (nSPS) is 38.1. The lowest BCUT2D eigenvalue weighted by Crippen LogP contribution is -2.48. The molecule has 2 fully saturated rings. The van der Waals surface area contributed by atoms with Gasteiger partial charge in [-0.2, -0.15) is 0 Å². The van der Waals surface area contributed by atoms with E-state index in [2.05, 4.69) is 0 Å². The number of carboxylic acid groups (broad SMARTS) is 1. The first-order valence-corrected chi connectivity index (χ1v) is 6.11. The average Bonchev–Trinajstić information content (AvgIpc) is 2.99. The lowest BCUT2D eigenvalue weighted by Gasteiger charge is -2.31. The zero-order valence-corrected chi connectivity index (χ0v) is 9.82. The van der Waals surface area contributed by atoms with Crippen LogP contribution in [-0.2, 0) is 19.1 Å². The molecule has 0 spiro atoms. The number of amides is 1. The third-order valence-electron chi connectivity index (χ3n) is 3.79. The van der Waals surface area contributed by atoms with Crippen LogP contribution in [0.2, 0.25) is 0 Å². The molecule has 0 aromatic carbocycles. The molecule has 0 aromatic rings. The van der Waals surface area contributed by atoms with Crippen LogP contribution in [0.5, 0.6) is 0 Å². The van der Waals surface area contributed by atoms with E-state index in [1.54, 1.807) is 17.1 Å². The minimum Gasteiger partial charge on any atom is -0.481 e. The van der Waals surface area contributed by atoms with Crippen molar-refractivity contribution in [2.24, 2.45) is 11.8 Å². The fourth-order valence-corrected chi connectivity index (χ4v) is 2.89. The lowest BCUT2D eigenvalue weighted by molar-refractivity contribution is -0.151. The molecule has 4 atom stereocenters. The maximum Gasteiger partial charge on any atom is 0.310 e. The highest BCUT2D eigenvalue weighted by Gasteiger charge is 2.54. The number of fused-ring (bicyclic) bond motifs is 2. The Morgan fingerprint density at radius 2 is 1.72 bits per heavy atom. The van der Waals surface area contributed by atoms with Crippen molar-refractivity contribution in [3.05, 3.63) is 12.2 Å². The summed E-state index contributed by atoms with van der Waals surface area (Å²) in [7, 11) is 0. The van der Waals surface area contributed by atoms with Crippen LogP contribution in [0.1, 0.15) is 0 Å². The molecule has 2 bridgehead atoms. The Hall–Kier alpha value is -1.40. The number of ether oxygens (including phenoxy) is 2. The summed E-state index contributed by atoms with van der Waals surface area (Å²) in [6, 6.07) is 0. The monoisotopic (exact) mass is 253 g/mol. The topological polar surface area (TPSA) is 76.1 Å². The standard InChI is InChI=1S/C12H15NO5/c14-11(13-3-5-17-6-4-13)9-7-1-2-8(18-7)10(9)12(15)16/h1-2,7-10H,3-6H2,(H,15,16)/t7-,8-,9-,10-/m0/s1. The average molecular weight is 253 g/mol. The highest BCUT2D eigenvalue weighted by atomic mass is 16.5. The maximum absolute atomic E-state index is 12.4. The van der Waals surface area contributed by atoms with Crippen molar-refractivity contribution in [2.75, 3.05) is 26.3 Å². The number of hydrogen-bond acceptors (Lipinski definition) is 4. The van der Waals surface area contributed by atoms with Crippen LogP contribution in [-0.4, -0.2) is 60.4 Å². The number of rotatable bonds is 2. The second-order valence-electron chi connectivity index (χ2n) is 4.78. The van der Waals surface area contributed by atoms with Crippen molar-refractivity contribution in [1.82, 2.24) is 4.90 Å². The van der Waals surface area contributed by atoms with E-state index >= 15 is 0 Å². The molecule has 18 heavy (non-hydrogen) atoms. The molecule has 2 saturated heterocycles. The van der Waals surface area contributed by atoms with E-state index in [-0.39, 0.29) is 12.0 Å². The van der Waals surface area contributed by atoms with Crippen molar-refractivity contribution in [3.63, 3.8) is 0 Å². The molecule has 1 N–H and O–H groups in total. The van der Waals surface area contributed by atoms with E-state index in [9.17, 15) is 14.7 Å². The molecule has 0 saturated carbocycles. The zero-order valence-electron chi connectivity index (χ0n) is 9.82. The fraction of sp³-hybridized carbons (Fsp3) is 0.667. The molecule has 1 amide bonds. The molecule has 3 aliphatic rings. The van der Waals surface area contributed by atoms with Gasteiger partial charge < -0.3 is 19.5 Å². The van der Waals surface area contributed by atoms with Crippen molar-refractivity contribution < 1.29 is 24.2 Å². The van der Waals surface area contributed by atoms with Gasteiger partial charge in [0.05, 0.1) is 31.3 Å². The van der Waals surface area contributed by atoms with Gasteiger partial charge in [-0.3, -0.25) is 9.59 Å². The van der Waals surface area contributed by atoms with Gasteiger partial charge in [0.25, 0.3) is 0 Å². The number of morpholine rings is 1. The molecule has 98 valence electrons. The molecule has 0 aliphatic carbocycles. The smallest absolute Gasteiger partial charge is 0.310 e. The first-order chi connectivity index (χ1) is 8.68. The summed E-state index contributed by atoms with van der Waals surface area (Å²) in [6.45, 7) is 2.09. The molecule has 0 radical (unpaired) electrons. The first-order valence-electron chi connectivity index (χ1n) is 6.11. The molecule has 6 nitrogen and oxygen atoms in total.